The fourth-order valence-corrected chi connectivity index (χ4v) is 1.03. The van der Waals surface area contributed by atoms with Crippen molar-refractivity contribution < 1.29 is 23.8 Å². The summed E-state index contributed by atoms with van der Waals surface area (Å²) in [7, 11) is 0. The number of hydrogen-bond donors (Lipinski definition) is 2. The number of aliphatic hydroxyl groups is 1. The van der Waals surface area contributed by atoms with Crippen molar-refractivity contribution in [2.75, 3.05) is 0 Å². The van der Waals surface area contributed by atoms with Crippen molar-refractivity contribution in [1.82, 2.24) is 4.98 Å². The van der Waals surface area contributed by atoms with Gasteiger partial charge in [-0.3, -0.25) is 4.98 Å². The Morgan fingerprint density at radius 1 is 1.47 bits per heavy atom. The summed E-state index contributed by atoms with van der Waals surface area (Å²) in [5, 5.41) is 17.9. The Labute approximate surface area is 84.2 Å². The van der Waals surface area contributed by atoms with Gasteiger partial charge in [0.1, 0.15) is 11.6 Å². The normalized spacial score (nSPS) is 14.7. The number of hydrogen-bond acceptors (Lipinski definition) is 3. The third-order valence-electron chi connectivity index (χ3n) is 1.93. The minimum absolute atomic E-state index is 0.489. The maximum atomic E-state index is 13.0. The molecule has 0 bridgehead atoms. The predicted molar refractivity (Wildman–Crippen MR) is 46.1 cm³/mol. The number of nitrogens with zero attached hydrogens (tertiary/aromatic N) is 1. The van der Waals surface area contributed by atoms with Gasteiger partial charge in [-0.25, -0.2) is 13.6 Å². The lowest BCUT2D eigenvalue weighted by atomic mass is 9.97. The predicted octanol–water partition coefficient (Wildman–Crippen LogP) is 0.738. The monoisotopic (exact) mass is 217 g/mol. The van der Waals surface area contributed by atoms with Crippen LogP contribution in [0.1, 0.15) is 12.5 Å². The van der Waals surface area contributed by atoms with Crippen molar-refractivity contribution in [3.8, 4) is 0 Å². The van der Waals surface area contributed by atoms with Crippen LogP contribution in [0.3, 0.4) is 0 Å². The molecule has 0 saturated heterocycles. The van der Waals surface area contributed by atoms with E-state index in [0.29, 0.717) is 0 Å². The third-order valence-corrected chi connectivity index (χ3v) is 1.93. The number of carboxylic acids is 1. The molecule has 4 nitrogen and oxygen atoms in total. The van der Waals surface area contributed by atoms with Gasteiger partial charge >= 0.3 is 5.97 Å². The zero-order valence-electron chi connectivity index (χ0n) is 7.87. The van der Waals surface area contributed by atoms with Crippen LogP contribution in [0.4, 0.5) is 8.78 Å². The molecule has 2 N–H and O–H groups in total. The molecule has 0 fully saturated rings. The van der Waals surface area contributed by atoms with Crippen LogP contribution in [0.2, 0.25) is 0 Å². The average molecular weight is 217 g/mol. The van der Waals surface area contributed by atoms with E-state index >= 15 is 0 Å². The molecule has 1 atom stereocenters. The Balaban J connectivity index is 3.04. The first-order valence-corrected chi connectivity index (χ1v) is 4.08. The van der Waals surface area contributed by atoms with Crippen molar-refractivity contribution in [3.63, 3.8) is 0 Å². The van der Waals surface area contributed by atoms with Crippen LogP contribution < -0.4 is 0 Å². The maximum absolute atomic E-state index is 13.0. The molecule has 82 valence electrons. The zero-order valence-corrected chi connectivity index (χ0v) is 7.87. The van der Waals surface area contributed by atoms with Crippen LogP contribution in [-0.2, 0) is 11.2 Å². The van der Waals surface area contributed by atoms with Crippen LogP contribution in [0.25, 0.3) is 0 Å². The minimum atomic E-state index is -2.21. The Morgan fingerprint density at radius 3 is 2.33 bits per heavy atom. The number of pyridine rings is 1. The van der Waals surface area contributed by atoms with Crippen LogP contribution in [0.5, 0.6) is 0 Å². The van der Waals surface area contributed by atoms with Gasteiger partial charge < -0.3 is 10.2 Å². The van der Waals surface area contributed by atoms with Gasteiger partial charge in [0.15, 0.2) is 5.60 Å². The first-order chi connectivity index (χ1) is 6.84. The molecule has 15 heavy (non-hydrogen) atoms. The van der Waals surface area contributed by atoms with Gasteiger partial charge in [0.05, 0.1) is 12.4 Å². The highest BCUT2D eigenvalue weighted by Gasteiger charge is 2.32. The van der Waals surface area contributed by atoms with Crippen LogP contribution in [0.15, 0.2) is 12.4 Å². The van der Waals surface area contributed by atoms with E-state index in [1.54, 1.807) is 0 Å². The molecule has 1 rings (SSSR count). The molecule has 0 radical (unpaired) electrons. The van der Waals surface area contributed by atoms with E-state index < -0.39 is 35.2 Å². The molecule has 1 heterocycles. The highest BCUT2D eigenvalue weighted by atomic mass is 19.1. The molecule has 0 amide bonds. The van der Waals surface area contributed by atoms with E-state index in [2.05, 4.69) is 4.98 Å². The van der Waals surface area contributed by atoms with Crippen molar-refractivity contribution in [3.05, 3.63) is 29.6 Å². The molecular formula is C9H9F2NO3. The fraction of sp³-hybridized carbons (Fsp3) is 0.333. The first-order valence-electron chi connectivity index (χ1n) is 4.08. The largest absolute Gasteiger partial charge is 0.479 e. The maximum Gasteiger partial charge on any atom is 0.335 e. The number of halogens is 2. The molecule has 0 spiro atoms. The van der Waals surface area contributed by atoms with Gasteiger partial charge in [0.2, 0.25) is 0 Å². The fourth-order valence-electron chi connectivity index (χ4n) is 1.03. The molecule has 1 unspecified atom stereocenters. The summed E-state index contributed by atoms with van der Waals surface area (Å²) in [5.74, 6) is -3.49. The minimum Gasteiger partial charge on any atom is -0.479 e. The molecule has 0 aromatic carbocycles. The summed E-state index contributed by atoms with van der Waals surface area (Å²) < 4.78 is 26.1. The second kappa shape index (κ2) is 3.90. The highest BCUT2D eigenvalue weighted by Crippen LogP contribution is 2.18. The summed E-state index contributed by atoms with van der Waals surface area (Å²) in [5.41, 5.74) is -2.69. The van der Waals surface area contributed by atoms with Crippen molar-refractivity contribution in [2.24, 2.45) is 0 Å². The van der Waals surface area contributed by atoms with Gasteiger partial charge in [0, 0.05) is 12.0 Å². The molecule has 0 aliphatic carbocycles. The first kappa shape index (κ1) is 11.5. The zero-order chi connectivity index (χ0) is 11.6. The van der Waals surface area contributed by atoms with Gasteiger partial charge in [-0.2, -0.15) is 0 Å². The second-order valence-corrected chi connectivity index (χ2v) is 3.34. The SMILES string of the molecule is CC(O)(Cc1c(F)cncc1F)C(=O)O. The van der Waals surface area contributed by atoms with Crippen LogP contribution >= 0.6 is 0 Å². The molecule has 0 saturated carbocycles. The lowest BCUT2D eigenvalue weighted by Gasteiger charge is -2.18. The average Bonchev–Trinajstić information content (AvgIpc) is 2.11. The van der Waals surface area contributed by atoms with E-state index in [4.69, 9.17) is 5.11 Å². The Kier molecular flexibility index (Phi) is 2.99. The molecule has 1 aromatic rings. The molecular weight excluding hydrogens is 208 g/mol. The Bertz CT molecular complexity index is 373. The van der Waals surface area contributed by atoms with E-state index in [9.17, 15) is 18.7 Å². The smallest absolute Gasteiger partial charge is 0.335 e. The number of carboxylic acid groups (broad SMARTS) is 1. The number of aromatic nitrogens is 1. The molecule has 1 aromatic heterocycles. The summed E-state index contributed by atoms with van der Waals surface area (Å²) in [6.07, 6.45) is 0.870. The highest BCUT2D eigenvalue weighted by molar-refractivity contribution is 5.76. The van der Waals surface area contributed by atoms with Gasteiger partial charge in [-0.15, -0.1) is 0 Å². The third kappa shape index (κ3) is 2.47. The van der Waals surface area contributed by atoms with E-state index in [0.717, 1.165) is 19.3 Å². The van der Waals surface area contributed by atoms with Crippen molar-refractivity contribution >= 4 is 5.97 Å². The van der Waals surface area contributed by atoms with Crippen molar-refractivity contribution in [1.29, 1.82) is 0 Å². The summed E-state index contributed by atoms with van der Waals surface area (Å²) in [4.78, 5) is 13.8. The molecule has 0 aliphatic rings. The Morgan fingerprint density at radius 2 is 1.93 bits per heavy atom. The summed E-state index contributed by atoms with van der Waals surface area (Å²) in [6, 6.07) is 0. The second-order valence-electron chi connectivity index (χ2n) is 3.34. The van der Waals surface area contributed by atoms with E-state index in [1.165, 1.54) is 0 Å². The van der Waals surface area contributed by atoms with Crippen LogP contribution in [-0.4, -0.2) is 26.8 Å². The molecule has 6 heteroatoms. The lowest BCUT2D eigenvalue weighted by Crippen LogP contribution is -2.37. The standard InChI is InChI=1S/C9H9F2NO3/c1-9(15,8(13)14)2-5-6(10)3-12-4-7(5)11/h3-4,15H,2H2,1H3,(H,13,14). The van der Waals surface area contributed by atoms with Gasteiger partial charge in [-0.1, -0.05) is 0 Å². The van der Waals surface area contributed by atoms with Crippen LogP contribution in [0, 0.1) is 11.6 Å². The Hall–Kier alpha value is -1.56. The number of carbonyl (C=O) groups is 1. The number of aliphatic carboxylic acids is 1. The van der Waals surface area contributed by atoms with E-state index in [-0.39, 0.29) is 0 Å². The summed E-state index contributed by atoms with van der Waals surface area (Å²) in [6.45, 7) is 0.967. The number of rotatable bonds is 3. The lowest BCUT2D eigenvalue weighted by molar-refractivity contribution is -0.156. The van der Waals surface area contributed by atoms with E-state index in [1.807, 2.05) is 0 Å². The van der Waals surface area contributed by atoms with Gasteiger partial charge in [-0.05, 0) is 6.92 Å². The summed E-state index contributed by atoms with van der Waals surface area (Å²) >= 11 is 0. The molecule has 0 aliphatic heterocycles. The topological polar surface area (TPSA) is 70.4 Å². The van der Waals surface area contributed by atoms with Gasteiger partial charge in [0.25, 0.3) is 0 Å². The van der Waals surface area contributed by atoms with Crippen molar-refractivity contribution in [2.45, 2.75) is 18.9 Å². The quantitative estimate of drug-likeness (QED) is 0.783.